The number of hydrogen-bond donors (Lipinski definition) is 6. The van der Waals surface area contributed by atoms with Crippen LogP contribution in [0.2, 0.25) is 0 Å². The molecule has 18 nitrogen and oxygen atoms in total. The van der Waals surface area contributed by atoms with Crippen molar-refractivity contribution in [3.8, 4) is 0 Å². The lowest BCUT2D eigenvalue weighted by molar-refractivity contribution is -0.394. The first-order valence-corrected chi connectivity index (χ1v) is 15.4. The lowest BCUT2D eigenvalue weighted by Crippen LogP contribution is -2.56. The molecule has 266 valence electrons. The molecule has 1 rings (SSSR count). The molecule has 0 unspecified atom stereocenters. The Hall–Kier alpha value is -5.00. The predicted molar refractivity (Wildman–Crippen MR) is 173 cm³/mol. The Morgan fingerprint density at radius 3 is 1.60 bits per heavy atom. The molecule has 0 aliphatic carbocycles. The minimum absolute atomic E-state index is 0.0196. The fourth-order valence-corrected chi connectivity index (χ4v) is 4.45. The van der Waals surface area contributed by atoms with E-state index in [0.29, 0.717) is 12.5 Å². The molecule has 6 amide bonds. The van der Waals surface area contributed by atoms with Crippen molar-refractivity contribution in [3.63, 3.8) is 0 Å². The summed E-state index contributed by atoms with van der Waals surface area (Å²) in [5, 5.41) is 34.2. The number of carbonyl (C=O) groups is 6. The summed E-state index contributed by atoms with van der Waals surface area (Å²) < 4.78 is 0. The number of amides is 6. The number of hydrogen-bond acceptors (Lipinski definition) is 11. The van der Waals surface area contributed by atoms with Crippen LogP contribution in [0.25, 0.3) is 0 Å². The smallest absolute Gasteiger partial charge is 0.277 e. The second-order valence-corrected chi connectivity index (χ2v) is 12.7. The van der Waals surface area contributed by atoms with Gasteiger partial charge >= 0.3 is 0 Å². The largest absolute Gasteiger partial charge is 0.345 e. The average Bonchev–Trinajstić information content (AvgIpc) is 2.97. The van der Waals surface area contributed by atoms with Gasteiger partial charge in [0.15, 0.2) is 0 Å². The average molecular weight is 679 g/mol. The van der Waals surface area contributed by atoms with Gasteiger partial charge in [0, 0.05) is 12.1 Å². The van der Waals surface area contributed by atoms with Gasteiger partial charge in [0.2, 0.25) is 29.5 Å². The van der Waals surface area contributed by atoms with E-state index >= 15 is 0 Å². The van der Waals surface area contributed by atoms with Crippen LogP contribution in [0, 0.1) is 38.0 Å². The lowest BCUT2D eigenvalue weighted by Gasteiger charge is -2.24. The number of nitrogens with zero attached hydrogens (tertiary/aromatic N) is 2. The third-order valence-corrected chi connectivity index (χ3v) is 6.76. The van der Waals surface area contributed by atoms with Crippen molar-refractivity contribution in [3.05, 3.63) is 44.0 Å². The highest BCUT2D eigenvalue weighted by molar-refractivity contribution is 6.07. The minimum atomic E-state index is -1.29. The zero-order chi connectivity index (χ0) is 36.9. The Balaban J connectivity index is 2.87. The summed E-state index contributed by atoms with van der Waals surface area (Å²) in [7, 11) is 0. The van der Waals surface area contributed by atoms with E-state index < -0.39 is 92.9 Å². The van der Waals surface area contributed by atoms with Crippen molar-refractivity contribution >= 4 is 46.8 Å². The van der Waals surface area contributed by atoms with Gasteiger partial charge in [-0.25, -0.2) is 0 Å². The maximum atomic E-state index is 13.0. The van der Waals surface area contributed by atoms with Gasteiger partial charge in [-0.15, -0.1) is 0 Å². The highest BCUT2D eigenvalue weighted by atomic mass is 16.6. The molecule has 0 aliphatic heterocycles. The molecule has 1 aromatic rings. The van der Waals surface area contributed by atoms with Crippen molar-refractivity contribution in [2.45, 2.75) is 91.9 Å². The molecule has 1 aromatic carbocycles. The Bertz CT molecular complexity index is 1350. The molecular weight excluding hydrogens is 632 g/mol. The number of non-ortho nitro benzene ring substituents is 2. The molecule has 0 fully saturated rings. The van der Waals surface area contributed by atoms with Gasteiger partial charge in [0.1, 0.15) is 18.1 Å². The molecule has 7 N–H and O–H groups in total. The first-order valence-electron chi connectivity index (χ1n) is 15.4. The lowest BCUT2D eigenvalue weighted by atomic mass is 10.0. The maximum Gasteiger partial charge on any atom is 0.277 e. The summed E-state index contributed by atoms with van der Waals surface area (Å²) in [5.41, 5.74) is 3.95. The van der Waals surface area contributed by atoms with Gasteiger partial charge in [-0.3, -0.25) is 54.3 Å². The Labute approximate surface area is 278 Å². The van der Waals surface area contributed by atoms with Gasteiger partial charge in [-0.2, -0.15) is 0 Å². The summed E-state index contributed by atoms with van der Waals surface area (Å²) in [4.78, 5) is 97.0. The molecule has 0 saturated heterocycles. The molecular formula is C30H46N8O10. The third-order valence-electron chi connectivity index (χ3n) is 6.76. The zero-order valence-electron chi connectivity index (χ0n) is 28.2. The molecule has 0 spiro atoms. The number of nitrogens with one attached hydrogen (secondary N) is 5. The van der Waals surface area contributed by atoms with Gasteiger partial charge in [-0.1, -0.05) is 41.5 Å². The van der Waals surface area contributed by atoms with Crippen molar-refractivity contribution in [1.82, 2.24) is 26.6 Å². The van der Waals surface area contributed by atoms with Crippen molar-refractivity contribution in [2.24, 2.45) is 23.5 Å². The number of imide groups is 1. The fourth-order valence-electron chi connectivity index (χ4n) is 4.45. The first kappa shape index (κ1) is 41.0. The normalized spacial score (nSPS) is 13.6. The summed E-state index contributed by atoms with van der Waals surface area (Å²) >= 11 is 0. The molecule has 18 heteroatoms. The second kappa shape index (κ2) is 19.0. The van der Waals surface area contributed by atoms with Crippen molar-refractivity contribution in [1.29, 1.82) is 0 Å². The predicted octanol–water partition coefficient (Wildman–Crippen LogP) is 0.816. The molecule has 0 aromatic heterocycles. The van der Waals surface area contributed by atoms with Gasteiger partial charge < -0.3 is 27.0 Å². The van der Waals surface area contributed by atoms with E-state index in [-0.39, 0.29) is 30.6 Å². The molecule has 0 saturated carbocycles. The van der Waals surface area contributed by atoms with Crippen LogP contribution in [-0.4, -0.2) is 76.0 Å². The summed E-state index contributed by atoms with van der Waals surface area (Å²) in [6.07, 6.45) is 0.744. The Morgan fingerprint density at radius 2 is 1.15 bits per heavy atom. The standard InChI is InChI=1S/C30H46N8O10/c1-15(2)8-22(31)28(42)35-24(10-17(5)6)29(43)33-18(7)26(40)32-14-25(39)34-23(9-16(3)4)30(44)36-27(41)19-11-20(37(45)46)13-21(12-19)38(47)48/h11-13,15-18,22-24H,8-10,14,31H2,1-7H3,(H,32,40)(H,33,43)(H,34,39)(H,35,42)(H,36,41,44)/t18-,22-,23-,24-/m0/s1. The number of nitro benzene ring substituents is 2. The molecule has 4 atom stereocenters. The highest BCUT2D eigenvalue weighted by Crippen LogP contribution is 2.22. The van der Waals surface area contributed by atoms with Crippen molar-refractivity contribution < 1.29 is 38.6 Å². The maximum absolute atomic E-state index is 13.0. The molecule has 0 aliphatic rings. The quantitative estimate of drug-likeness (QED) is 0.0934. The first-order chi connectivity index (χ1) is 22.2. The van der Waals surface area contributed by atoms with Crippen molar-refractivity contribution in [2.75, 3.05) is 6.54 Å². The van der Waals surface area contributed by atoms with Crippen LogP contribution in [-0.2, 0) is 24.0 Å². The number of nitrogens with two attached hydrogens (primary N) is 1. The number of carbonyl (C=O) groups excluding carboxylic acids is 6. The van der Waals surface area contributed by atoms with Crippen LogP contribution in [0.1, 0.15) is 78.1 Å². The number of benzene rings is 1. The third kappa shape index (κ3) is 14.2. The van der Waals surface area contributed by atoms with E-state index in [1.165, 1.54) is 6.92 Å². The number of rotatable bonds is 18. The SMILES string of the molecule is CC(C)C[C@H](NC(=O)CNC(=O)[C@H](C)NC(=O)[C@H](CC(C)C)NC(=O)[C@@H](N)CC(C)C)C(=O)NC(=O)c1cc([N+](=O)[O-])cc([N+](=O)[O-])c1. The van der Waals surface area contributed by atoms with E-state index in [1.54, 1.807) is 13.8 Å². The van der Waals surface area contributed by atoms with Crippen LogP contribution in [0.15, 0.2) is 18.2 Å². The van der Waals surface area contributed by atoms with Gasteiger partial charge in [0.05, 0.1) is 34.1 Å². The van der Waals surface area contributed by atoms with Gasteiger partial charge in [-0.05, 0) is 43.9 Å². The summed E-state index contributed by atoms with van der Waals surface area (Å²) in [6, 6.07) is -1.98. The minimum Gasteiger partial charge on any atom is -0.345 e. The highest BCUT2D eigenvalue weighted by Gasteiger charge is 2.29. The topological polar surface area (TPSA) is 275 Å². The molecule has 0 bridgehead atoms. The van der Waals surface area contributed by atoms with E-state index in [1.807, 2.05) is 33.0 Å². The summed E-state index contributed by atoms with van der Waals surface area (Å²) in [6.45, 7) is 11.8. The van der Waals surface area contributed by atoms with E-state index in [2.05, 4.69) is 21.3 Å². The zero-order valence-corrected chi connectivity index (χ0v) is 28.2. The van der Waals surface area contributed by atoms with Crippen LogP contribution >= 0.6 is 0 Å². The van der Waals surface area contributed by atoms with E-state index in [0.717, 1.165) is 12.1 Å². The van der Waals surface area contributed by atoms with E-state index in [9.17, 15) is 49.0 Å². The fraction of sp³-hybridized carbons (Fsp3) is 0.600. The molecule has 0 radical (unpaired) electrons. The van der Waals surface area contributed by atoms with Crippen LogP contribution in [0.5, 0.6) is 0 Å². The van der Waals surface area contributed by atoms with Crippen LogP contribution in [0.3, 0.4) is 0 Å². The summed E-state index contributed by atoms with van der Waals surface area (Å²) in [5.74, 6) is -4.81. The monoisotopic (exact) mass is 678 g/mol. The molecule has 48 heavy (non-hydrogen) atoms. The van der Waals surface area contributed by atoms with Crippen LogP contribution < -0.4 is 32.3 Å². The Morgan fingerprint density at radius 1 is 0.667 bits per heavy atom. The number of nitro groups is 2. The molecule has 0 heterocycles. The van der Waals surface area contributed by atoms with Crippen LogP contribution in [0.4, 0.5) is 11.4 Å². The Kier molecular flexibility index (Phi) is 16.2. The van der Waals surface area contributed by atoms with E-state index in [4.69, 9.17) is 5.73 Å². The second-order valence-electron chi connectivity index (χ2n) is 12.7. The van der Waals surface area contributed by atoms with Gasteiger partial charge in [0.25, 0.3) is 17.3 Å².